The SMILES string of the molecule is [2H]/C(=C(/[2H])c1ccc2c(C(C)(C)C)c3ccccc3c(C(C)(C)C)c2c1)c1ccc(N(c2ccccc2)c2cc3ccccc3c3ccccc23)cc1. The van der Waals surface area contributed by atoms with Crippen LogP contribution < -0.4 is 4.90 Å². The van der Waals surface area contributed by atoms with Gasteiger partial charge in [-0.25, -0.2) is 0 Å². The average molecular weight is 662 g/mol. The van der Waals surface area contributed by atoms with Crippen LogP contribution in [0.1, 0.15) is 66.5 Å². The summed E-state index contributed by atoms with van der Waals surface area (Å²) in [4.78, 5) is 2.29. The van der Waals surface area contributed by atoms with Gasteiger partial charge in [-0.2, -0.15) is 0 Å². The van der Waals surface area contributed by atoms with Gasteiger partial charge in [0.15, 0.2) is 0 Å². The van der Waals surface area contributed by atoms with Gasteiger partial charge < -0.3 is 4.90 Å². The van der Waals surface area contributed by atoms with E-state index in [-0.39, 0.29) is 22.9 Å². The molecular weight excluding hydrogens is 615 g/mol. The van der Waals surface area contributed by atoms with Crippen molar-refractivity contribution in [3.05, 3.63) is 174 Å². The van der Waals surface area contributed by atoms with Crippen molar-refractivity contribution >= 4 is 72.3 Å². The van der Waals surface area contributed by atoms with Crippen molar-refractivity contribution in [3.8, 4) is 0 Å². The minimum atomic E-state index is -0.126. The van der Waals surface area contributed by atoms with Crippen LogP contribution in [0.4, 0.5) is 17.1 Å². The second-order valence-electron chi connectivity index (χ2n) is 15.7. The van der Waals surface area contributed by atoms with Crippen LogP contribution in [0.2, 0.25) is 0 Å². The molecule has 0 fully saturated rings. The molecular formula is C50H45N. The molecule has 51 heavy (non-hydrogen) atoms. The van der Waals surface area contributed by atoms with Crippen molar-refractivity contribution < 1.29 is 2.74 Å². The summed E-state index contributed by atoms with van der Waals surface area (Å²) in [6, 6.07) is 53.5. The van der Waals surface area contributed by atoms with Crippen molar-refractivity contribution in [2.75, 3.05) is 4.90 Å². The third kappa shape index (κ3) is 5.97. The summed E-state index contributed by atoms with van der Waals surface area (Å²) in [5.41, 5.74) is 6.99. The van der Waals surface area contributed by atoms with E-state index in [9.17, 15) is 2.74 Å². The highest BCUT2D eigenvalue weighted by atomic mass is 15.1. The fraction of sp³-hybridized carbons (Fsp3) is 0.160. The van der Waals surface area contributed by atoms with Crippen molar-refractivity contribution in [3.63, 3.8) is 0 Å². The van der Waals surface area contributed by atoms with Gasteiger partial charge in [-0.05, 0) is 107 Å². The fourth-order valence-electron chi connectivity index (χ4n) is 7.93. The Morgan fingerprint density at radius 3 is 1.53 bits per heavy atom. The Balaban J connectivity index is 1.26. The van der Waals surface area contributed by atoms with Gasteiger partial charge in [0.1, 0.15) is 0 Å². The lowest BCUT2D eigenvalue weighted by Gasteiger charge is -2.30. The predicted molar refractivity (Wildman–Crippen MR) is 224 cm³/mol. The first-order valence-electron chi connectivity index (χ1n) is 19.0. The standard InChI is InChI=1S/C50H45N/c1-49(2,3)47-42-22-14-15-23-43(42)48(50(4,5)6)45-32-35(28-31-44(45)47)25-24-34-26-29-38(30-27-34)51(37-17-8-7-9-18-37)46-33-36-16-10-11-19-39(36)40-20-12-13-21-41(40)46/h7-33H,1-6H3/b25-24+/i24D,25D. The van der Waals surface area contributed by atoms with Gasteiger partial charge in [-0.1, -0.05) is 169 Å². The first-order valence-corrected chi connectivity index (χ1v) is 18.0. The van der Waals surface area contributed by atoms with Crippen molar-refractivity contribution in [2.45, 2.75) is 52.4 Å². The molecule has 8 rings (SSSR count). The van der Waals surface area contributed by atoms with Crippen LogP contribution in [-0.4, -0.2) is 0 Å². The molecule has 1 heteroatoms. The maximum Gasteiger partial charge on any atom is 0.0629 e. The molecule has 0 aliphatic rings. The number of para-hydroxylation sites is 1. The molecule has 0 heterocycles. The molecule has 1 nitrogen and oxygen atoms in total. The topological polar surface area (TPSA) is 3.24 Å². The summed E-state index contributed by atoms with van der Waals surface area (Å²) < 4.78 is 18.7. The molecule has 0 aliphatic carbocycles. The van der Waals surface area contributed by atoms with Gasteiger partial charge in [-0.3, -0.25) is 0 Å². The Kier molecular flexibility index (Phi) is 7.45. The number of benzene rings is 8. The second-order valence-corrected chi connectivity index (χ2v) is 15.7. The van der Waals surface area contributed by atoms with Crippen LogP contribution >= 0.6 is 0 Å². The maximum absolute atomic E-state index is 9.35. The lowest BCUT2D eigenvalue weighted by Crippen LogP contribution is -2.17. The Hall–Kier alpha value is -5.66. The summed E-state index contributed by atoms with van der Waals surface area (Å²) in [6.07, 6.45) is 0. The lowest BCUT2D eigenvalue weighted by molar-refractivity contribution is 0.593. The predicted octanol–water partition coefficient (Wildman–Crippen LogP) is 14.5. The van der Waals surface area contributed by atoms with Crippen molar-refractivity contribution in [1.29, 1.82) is 0 Å². The van der Waals surface area contributed by atoms with Gasteiger partial charge in [0.05, 0.1) is 8.43 Å². The van der Waals surface area contributed by atoms with Crippen LogP contribution in [0.3, 0.4) is 0 Å². The van der Waals surface area contributed by atoms with E-state index < -0.39 is 0 Å². The van der Waals surface area contributed by atoms with Crippen LogP contribution in [0, 0.1) is 0 Å². The molecule has 0 aliphatic heterocycles. The molecule has 0 radical (unpaired) electrons. The van der Waals surface area contributed by atoms with Crippen LogP contribution in [0.5, 0.6) is 0 Å². The van der Waals surface area contributed by atoms with Crippen molar-refractivity contribution in [1.82, 2.24) is 0 Å². The zero-order chi connectivity index (χ0) is 37.1. The van der Waals surface area contributed by atoms with E-state index in [2.05, 4.69) is 174 Å². The van der Waals surface area contributed by atoms with Crippen molar-refractivity contribution in [2.24, 2.45) is 0 Å². The summed E-state index contributed by atoms with van der Waals surface area (Å²) >= 11 is 0. The van der Waals surface area contributed by atoms with Gasteiger partial charge >= 0.3 is 0 Å². The molecule has 8 aromatic rings. The molecule has 0 amide bonds. The molecule has 0 atom stereocenters. The smallest absolute Gasteiger partial charge is 0.0629 e. The van der Waals surface area contributed by atoms with Gasteiger partial charge in [0.2, 0.25) is 0 Å². The summed E-state index contributed by atoms with van der Waals surface area (Å²) in [5.74, 6) is 0. The molecule has 250 valence electrons. The van der Waals surface area contributed by atoms with Gasteiger partial charge in [-0.15, -0.1) is 0 Å². The summed E-state index contributed by atoms with van der Waals surface area (Å²) in [5, 5.41) is 9.71. The first-order chi connectivity index (χ1) is 25.4. The molecule has 0 spiro atoms. The average Bonchev–Trinajstić information content (AvgIpc) is 3.16. The summed E-state index contributed by atoms with van der Waals surface area (Å²) in [7, 11) is 0. The van der Waals surface area contributed by atoms with Gasteiger partial charge in [0.25, 0.3) is 0 Å². The minimum Gasteiger partial charge on any atom is -0.310 e. The molecule has 8 aromatic carbocycles. The number of hydrogen-bond acceptors (Lipinski definition) is 1. The fourth-order valence-corrected chi connectivity index (χ4v) is 7.93. The second kappa shape index (κ2) is 12.6. The zero-order valence-corrected chi connectivity index (χ0v) is 30.4. The molecule has 0 unspecified atom stereocenters. The zero-order valence-electron chi connectivity index (χ0n) is 32.4. The number of fused-ring (bicyclic) bond motifs is 5. The minimum absolute atomic E-state index is 0.0789. The molecule has 0 bridgehead atoms. The highest BCUT2D eigenvalue weighted by molar-refractivity contribution is 6.14. The van der Waals surface area contributed by atoms with E-state index in [1.165, 1.54) is 48.8 Å². The van der Waals surface area contributed by atoms with Crippen LogP contribution in [0.25, 0.3) is 55.2 Å². The van der Waals surface area contributed by atoms with E-state index in [1.54, 1.807) is 0 Å². The maximum atomic E-state index is 9.35. The first kappa shape index (κ1) is 30.2. The van der Waals surface area contributed by atoms with E-state index in [1.807, 2.05) is 24.3 Å². The lowest BCUT2D eigenvalue weighted by atomic mass is 9.74. The molecule has 0 N–H and O–H groups in total. The van der Waals surface area contributed by atoms with E-state index in [0.29, 0.717) is 5.56 Å². The quantitative estimate of drug-likeness (QED) is 0.101. The monoisotopic (exact) mass is 661 g/mol. The van der Waals surface area contributed by atoms with E-state index in [0.717, 1.165) is 28.0 Å². The largest absolute Gasteiger partial charge is 0.310 e. The summed E-state index contributed by atoms with van der Waals surface area (Å²) in [6.45, 7) is 13.6. The third-order valence-corrected chi connectivity index (χ3v) is 10.0. The molecule has 0 aromatic heterocycles. The number of rotatable bonds is 5. The third-order valence-electron chi connectivity index (χ3n) is 10.0. The van der Waals surface area contributed by atoms with Gasteiger partial charge in [0, 0.05) is 16.8 Å². The Labute approximate surface area is 305 Å². The van der Waals surface area contributed by atoms with Crippen LogP contribution in [-0.2, 0) is 10.8 Å². The number of anilines is 3. The van der Waals surface area contributed by atoms with E-state index in [4.69, 9.17) is 0 Å². The Morgan fingerprint density at radius 1 is 0.412 bits per heavy atom. The highest BCUT2D eigenvalue weighted by Crippen LogP contribution is 2.45. The highest BCUT2D eigenvalue weighted by Gasteiger charge is 2.27. The van der Waals surface area contributed by atoms with Crippen LogP contribution in [0.15, 0.2) is 152 Å². The Morgan fingerprint density at radius 2 is 0.882 bits per heavy atom. The normalized spacial score (nSPS) is 13.4. The Bertz CT molecular complexity index is 2690. The molecule has 0 saturated carbocycles. The van der Waals surface area contributed by atoms with E-state index >= 15 is 0 Å². The molecule has 0 saturated heterocycles. The number of hydrogen-bond donors (Lipinski definition) is 0. The number of nitrogens with zero attached hydrogens (tertiary/aromatic N) is 1.